The molecule has 0 unspecified atom stereocenters. The van der Waals surface area contributed by atoms with Gasteiger partial charge in [0, 0.05) is 19.8 Å². The first-order valence-corrected chi connectivity index (χ1v) is 4.87. The molecule has 1 N–H and O–H groups in total. The van der Waals surface area contributed by atoms with E-state index in [0.717, 1.165) is 0 Å². The van der Waals surface area contributed by atoms with Crippen LogP contribution in [0.3, 0.4) is 0 Å². The van der Waals surface area contributed by atoms with Crippen LogP contribution in [0, 0.1) is 0 Å². The lowest BCUT2D eigenvalue weighted by atomic mass is 10.3. The smallest absolute Gasteiger partial charge is 0.309 e. The molecular weight excluding hydrogens is 212 g/mol. The summed E-state index contributed by atoms with van der Waals surface area (Å²) < 4.78 is 1.34. The maximum absolute atomic E-state index is 11.5. The van der Waals surface area contributed by atoms with Crippen molar-refractivity contribution in [3.63, 3.8) is 0 Å². The van der Waals surface area contributed by atoms with Crippen molar-refractivity contribution in [2.75, 3.05) is 13.6 Å². The van der Waals surface area contributed by atoms with Gasteiger partial charge in [-0.3, -0.25) is 9.59 Å². The number of nitrogens with zero attached hydrogens (tertiary/aromatic N) is 4. The minimum Gasteiger partial charge on any atom is -0.481 e. The van der Waals surface area contributed by atoms with Crippen molar-refractivity contribution in [2.24, 2.45) is 0 Å². The third-order valence-corrected chi connectivity index (χ3v) is 2.12. The van der Waals surface area contributed by atoms with Gasteiger partial charge in [-0.15, -0.1) is 5.10 Å². The number of likely N-dealkylation sites (N-methyl/N-ethyl adjacent to an activating group) is 1. The van der Waals surface area contributed by atoms with E-state index in [2.05, 4.69) is 10.3 Å². The van der Waals surface area contributed by atoms with Crippen molar-refractivity contribution in [3.8, 4) is 0 Å². The normalized spacial score (nSPS) is 10.1. The van der Waals surface area contributed by atoms with Gasteiger partial charge in [-0.05, 0) is 6.92 Å². The molecule has 1 amide bonds. The first kappa shape index (κ1) is 12.2. The lowest BCUT2D eigenvalue weighted by Crippen LogP contribution is -2.30. The summed E-state index contributed by atoms with van der Waals surface area (Å²) >= 11 is 0. The molecule has 0 spiro atoms. The Labute approximate surface area is 92.7 Å². The number of hydrogen-bond donors (Lipinski definition) is 1. The Hall–Kier alpha value is -1.92. The maximum atomic E-state index is 11.5. The molecular formula is C9H14N4O3. The maximum Gasteiger partial charge on any atom is 0.309 e. The Morgan fingerprint density at radius 2 is 2.25 bits per heavy atom. The van der Waals surface area contributed by atoms with Crippen LogP contribution in [0.4, 0.5) is 0 Å². The van der Waals surface area contributed by atoms with Crippen molar-refractivity contribution in [2.45, 2.75) is 19.9 Å². The molecule has 7 nitrogen and oxygen atoms in total. The highest BCUT2D eigenvalue weighted by Gasteiger charge is 2.10. The molecule has 88 valence electrons. The summed E-state index contributed by atoms with van der Waals surface area (Å²) in [5.74, 6) is -1.06. The summed E-state index contributed by atoms with van der Waals surface area (Å²) in [4.78, 5) is 23.5. The second kappa shape index (κ2) is 5.24. The lowest BCUT2D eigenvalue weighted by Gasteiger charge is -2.13. The minimum absolute atomic E-state index is 0.0803. The summed E-state index contributed by atoms with van der Waals surface area (Å²) in [5.41, 5.74) is 0.347. The Morgan fingerprint density at radius 1 is 1.56 bits per heavy atom. The number of carboxylic acid groups (broad SMARTS) is 1. The number of carbonyl (C=O) groups excluding carboxylic acids is 1. The molecule has 0 aliphatic heterocycles. The minimum atomic E-state index is -0.968. The molecule has 1 aromatic rings. The van der Waals surface area contributed by atoms with Gasteiger partial charge in [0.1, 0.15) is 6.54 Å². The van der Waals surface area contributed by atoms with Crippen LogP contribution in [0.15, 0.2) is 6.20 Å². The van der Waals surface area contributed by atoms with Crippen molar-refractivity contribution in [3.05, 3.63) is 11.9 Å². The van der Waals surface area contributed by atoms with E-state index in [-0.39, 0.29) is 18.9 Å². The number of amides is 1. The van der Waals surface area contributed by atoms with E-state index < -0.39 is 5.97 Å². The highest BCUT2D eigenvalue weighted by atomic mass is 16.4. The van der Waals surface area contributed by atoms with Gasteiger partial charge in [0.15, 0.2) is 0 Å². The Bertz CT molecular complexity index is 388. The van der Waals surface area contributed by atoms with E-state index in [1.165, 1.54) is 10.9 Å². The summed E-state index contributed by atoms with van der Waals surface area (Å²) in [6.07, 6.45) is 1.29. The van der Waals surface area contributed by atoms with E-state index in [1.54, 1.807) is 11.9 Å². The molecule has 0 saturated carbocycles. The van der Waals surface area contributed by atoms with Crippen LogP contribution in [0.1, 0.15) is 12.6 Å². The van der Waals surface area contributed by atoms with Gasteiger partial charge in [-0.1, -0.05) is 5.21 Å². The number of carboxylic acids is 1. The van der Waals surface area contributed by atoms with Gasteiger partial charge in [-0.25, -0.2) is 4.68 Å². The highest BCUT2D eigenvalue weighted by molar-refractivity contribution is 5.75. The van der Waals surface area contributed by atoms with Crippen LogP contribution < -0.4 is 0 Å². The number of aliphatic carboxylic acids is 1. The van der Waals surface area contributed by atoms with Gasteiger partial charge in [0.05, 0.1) is 12.1 Å². The largest absolute Gasteiger partial charge is 0.481 e. The molecule has 0 radical (unpaired) electrons. The molecule has 0 aromatic carbocycles. The molecule has 0 bridgehead atoms. The third-order valence-electron chi connectivity index (χ3n) is 2.12. The Kier molecular flexibility index (Phi) is 3.98. The summed E-state index contributed by atoms with van der Waals surface area (Å²) in [5, 5.41) is 15.9. The molecule has 7 heteroatoms. The molecule has 16 heavy (non-hydrogen) atoms. The van der Waals surface area contributed by atoms with Crippen LogP contribution in [-0.4, -0.2) is 50.5 Å². The standard InChI is InChI=1S/C9H14N4O3/c1-3-12(2)8(14)6-13-5-7(10-11-13)4-9(15)16/h5H,3-4,6H2,1-2H3,(H,15,16). The van der Waals surface area contributed by atoms with Crippen LogP contribution in [0.25, 0.3) is 0 Å². The van der Waals surface area contributed by atoms with Gasteiger partial charge in [0.2, 0.25) is 5.91 Å². The Morgan fingerprint density at radius 3 is 2.81 bits per heavy atom. The first-order chi connectivity index (χ1) is 7.52. The van der Waals surface area contributed by atoms with E-state index >= 15 is 0 Å². The predicted octanol–water partition coefficient (Wildman–Crippen LogP) is -0.616. The fourth-order valence-electron chi connectivity index (χ4n) is 1.09. The molecule has 0 fully saturated rings. The zero-order valence-corrected chi connectivity index (χ0v) is 9.25. The van der Waals surface area contributed by atoms with Crippen molar-refractivity contribution >= 4 is 11.9 Å². The lowest BCUT2D eigenvalue weighted by molar-refractivity contribution is -0.136. The third kappa shape index (κ3) is 3.34. The summed E-state index contributed by atoms with van der Waals surface area (Å²) in [6, 6.07) is 0. The second-order valence-corrected chi connectivity index (χ2v) is 3.39. The van der Waals surface area contributed by atoms with E-state index in [9.17, 15) is 9.59 Å². The number of hydrogen-bond acceptors (Lipinski definition) is 4. The monoisotopic (exact) mass is 226 g/mol. The van der Waals surface area contributed by atoms with Crippen LogP contribution in [0.2, 0.25) is 0 Å². The van der Waals surface area contributed by atoms with Crippen molar-refractivity contribution in [1.82, 2.24) is 19.9 Å². The van der Waals surface area contributed by atoms with Gasteiger partial charge in [-0.2, -0.15) is 0 Å². The fraction of sp³-hybridized carbons (Fsp3) is 0.556. The predicted molar refractivity (Wildman–Crippen MR) is 54.7 cm³/mol. The Balaban J connectivity index is 2.58. The fourth-order valence-corrected chi connectivity index (χ4v) is 1.09. The molecule has 1 rings (SSSR count). The van der Waals surface area contributed by atoms with Gasteiger partial charge < -0.3 is 10.0 Å². The van der Waals surface area contributed by atoms with E-state index in [4.69, 9.17) is 5.11 Å². The van der Waals surface area contributed by atoms with E-state index in [1.807, 2.05) is 6.92 Å². The average molecular weight is 226 g/mol. The molecule has 0 aliphatic rings. The number of aromatic nitrogens is 3. The SMILES string of the molecule is CCN(C)C(=O)Cn1cc(CC(=O)O)nn1. The van der Waals surface area contributed by atoms with Crippen LogP contribution in [-0.2, 0) is 22.6 Å². The zero-order chi connectivity index (χ0) is 12.1. The molecule has 0 aliphatic carbocycles. The molecule has 1 heterocycles. The second-order valence-electron chi connectivity index (χ2n) is 3.39. The van der Waals surface area contributed by atoms with E-state index in [0.29, 0.717) is 12.2 Å². The van der Waals surface area contributed by atoms with Gasteiger partial charge >= 0.3 is 5.97 Å². The summed E-state index contributed by atoms with van der Waals surface area (Å²) in [6.45, 7) is 2.57. The summed E-state index contributed by atoms with van der Waals surface area (Å²) in [7, 11) is 1.69. The highest BCUT2D eigenvalue weighted by Crippen LogP contribution is 1.96. The first-order valence-electron chi connectivity index (χ1n) is 4.87. The number of rotatable bonds is 5. The molecule has 0 saturated heterocycles. The number of carbonyl (C=O) groups is 2. The quantitative estimate of drug-likeness (QED) is 0.723. The van der Waals surface area contributed by atoms with Gasteiger partial charge in [0.25, 0.3) is 0 Å². The van der Waals surface area contributed by atoms with Crippen LogP contribution in [0.5, 0.6) is 0 Å². The van der Waals surface area contributed by atoms with Crippen molar-refractivity contribution < 1.29 is 14.7 Å². The molecule has 1 aromatic heterocycles. The van der Waals surface area contributed by atoms with Crippen LogP contribution >= 0.6 is 0 Å². The zero-order valence-electron chi connectivity index (χ0n) is 9.25. The topological polar surface area (TPSA) is 88.3 Å². The average Bonchev–Trinajstić information content (AvgIpc) is 2.63. The van der Waals surface area contributed by atoms with Crippen molar-refractivity contribution in [1.29, 1.82) is 0 Å². The molecule has 0 atom stereocenters.